The van der Waals surface area contributed by atoms with Crippen LogP contribution in [0.2, 0.25) is 0 Å². The molecule has 1 aliphatic rings. The molecular weight excluding hydrogens is 356 g/mol. The van der Waals surface area contributed by atoms with E-state index in [9.17, 15) is 4.79 Å². The Morgan fingerprint density at radius 3 is 2.71 bits per heavy atom. The fourth-order valence-electron chi connectivity index (χ4n) is 3.40. The van der Waals surface area contributed by atoms with Crippen LogP contribution in [0.3, 0.4) is 0 Å². The summed E-state index contributed by atoms with van der Waals surface area (Å²) in [7, 11) is 0. The molecule has 1 amide bonds. The maximum atomic E-state index is 12.7. The molecule has 6 nitrogen and oxygen atoms in total. The molecule has 0 aliphatic carbocycles. The third kappa shape index (κ3) is 5.36. The number of amides is 1. The van der Waals surface area contributed by atoms with Crippen LogP contribution in [0.25, 0.3) is 0 Å². The highest BCUT2D eigenvalue weighted by Gasteiger charge is 2.25. The Morgan fingerprint density at radius 2 is 2.00 bits per heavy atom. The van der Waals surface area contributed by atoms with Gasteiger partial charge in [-0.2, -0.15) is 0 Å². The summed E-state index contributed by atoms with van der Waals surface area (Å²) < 4.78 is 17.4. The Hall–Kier alpha value is -2.31. The summed E-state index contributed by atoms with van der Waals surface area (Å²) in [6.45, 7) is 7.07. The number of ether oxygens (including phenoxy) is 2. The second kappa shape index (κ2) is 9.75. The minimum atomic E-state index is -0.0711. The molecule has 1 aromatic carbocycles. The molecule has 0 radical (unpaired) electrons. The molecule has 1 saturated heterocycles. The van der Waals surface area contributed by atoms with Crippen LogP contribution in [0.1, 0.15) is 46.7 Å². The molecule has 6 heteroatoms. The van der Waals surface area contributed by atoms with Crippen LogP contribution < -0.4 is 10.5 Å². The molecule has 1 fully saturated rings. The summed E-state index contributed by atoms with van der Waals surface area (Å²) in [6.07, 6.45) is 2.78. The molecule has 1 aliphatic heterocycles. The van der Waals surface area contributed by atoms with E-state index in [1.165, 1.54) is 5.56 Å². The van der Waals surface area contributed by atoms with Crippen LogP contribution in [-0.2, 0) is 11.3 Å². The van der Waals surface area contributed by atoms with Crippen molar-refractivity contribution in [2.75, 3.05) is 26.2 Å². The second-order valence-electron chi connectivity index (χ2n) is 7.33. The number of hydrogen-bond donors (Lipinski definition) is 1. The van der Waals surface area contributed by atoms with E-state index in [2.05, 4.69) is 13.0 Å². The van der Waals surface area contributed by atoms with E-state index < -0.39 is 0 Å². The maximum Gasteiger partial charge on any atom is 0.289 e. The number of furan rings is 1. The van der Waals surface area contributed by atoms with Crippen molar-refractivity contribution in [3.63, 3.8) is 0 Å². The molecule has 2 N–H and O–H groups in total. The zero-order chi connectivity index (χ0) is 19.9. The Kier molecular flexibility index (Phi) is 7.12. The summed E-state index contributed by atoms with van der Waals surface area (Å²) in [5.74, 6) is 1.76. The predicted molar refractivity (Wildman–Crippen MR) is 108 cm³/mol. The van der Waals surface area contributed by atoms with Crippen molar-refractivity contribution in [2.24, 2.45) is 5.73 Å². The SMILES string of the molecule is Cc1ccc(OCc2ccc(C(=O)N3CCC(OCCCN)CC3)o2)c(C)c1. The fraction of sp³-hybridized carbons (Fsp3) is 0.500. The van der Waals surface area contributed by atoms with Crippen LogP contribution in [0.15, 0.2) is 34.7 Å². The highest BCUT2D eigenvalue weighted by atomic mass is 16.5. The lowest BCUT2D eigenvalue weighted by Crippen LogP contribution is -2.40. The minimum absolute atomic E-state index is 0.0711. The first kappa shape index (κ1) is 20.4. The Labute approximate surface area is 166 Å². The molecule has 0 atom stereocenters. The van der Waals surface area contributed by atoms with Crippen LogP contribution in [0.5, 0.6) is 5.75 Å². The van der Waals surface area contributed by atoms with Gasteiger partial charge in [-0.3, -0.25) is 4.79 Å². The van der Waals surface area contributed by atoms with Gasteiger partial charge in [0.15, 0.2) is 5.76 Å². The number of likely N-dealkylation sites (tertiary alicyclic amines) is 1. The lowest BCUT2D eigenvalue weighted by molar-refractivity contribution is 0.00757. The van der Waals surface area contributed by atoms with Gasteiger partial charge in [0.05, 0.1) is 6.10 Å². The number of nitrogens with two attached hydrogens (primary N) is 1. The molecule has 152 valence electrons. The Bertz CT molecular complexity index is 779. The predicted octanol–water partition coefficient (Wildman–Crippen LogP) is 3.45. The van der Waals surface area contributed by atoms with Gasteiger partial charge < -0.3 is 24.5 Å². The zero-order valence-electron chi connectivity index (χ0n) is 16.8. The number of carbonyl (C=O) groups is 1. The number of aryl methyl sites for hydroxylation is 2. The topological polar surface area (TPSA) is 77.9 Å². The van der Waals surface area contributed by atoms with Gasteiger partial charge in [-0.1, -0.05) is 17.7 Å². The molecule has 0 saturated carbocycles. The highest BCUT2D eigenvalue weighted by Crippen LogP contribution is 2.22. The maximum absolute atomic E-state index is 12.7. The normalized spacial score (nSPS) is 15.0. The molecule has 2 heterocycles. The van der Waals surface area contributed by atoms with Gasteiger partial charge in [0, 0.05) is 19.7 Å². The molecule has 1 aromatic heterocycles. The first-order chi connectivity index (χ1) is 13.6. The molecule has 0 bridgehead atoms. The lowest BCUT2D eigenvalue weighted by atomic mass is 10.1. The van der Waals surface area contributed by atoms with Crippen LogP contribution in [0, 0.1) is 13.8 Å². The van der Waals surface area contributed by atoms with Gasteiger partial charge in [0.25, 0.3) is 5.91 Å². The summed E-state index contributed by atoms with van der Waals surface area (Å²) in [5, 5.41) is 0. The third-order valence-electron chi connectivity index (χ3n) is 5.00. The monoisotopic (exact) mass is 386 g/mol. The van der Waals surface area contributed by atoms with Crippen molar-refractivity contribution in [1.29, 1.82) is 0 Å². The molecule has 0 spiro atoms. The van der Waals surface area contributed by atoms with Crippen molar-refractivity contribution < 1.29 is 18.7 Å². The van der Waals surface area contributed by atoms with E-state index >= 15 is 0 Å². The van der Waals surface area contributed by atoms with E-state index in [1.807, 2.05) is 24.0 Å². The number of hydrogen-bond acceptors (Lipinski definition) is 5. The van der Waals surface area contributed by atoms with Gasteiger partial charge in [-0.15, -0.1) is 0 Å². The second-order valence-corrected chi connectivity index (χ2v) is 7.33. The number of rotatable bonds is 8. The summed E-state index contributed by atoms with van der Waals surface area (Å²) >= 11 is 0. The van der Waals surface area contributed by atoms with Gasteiger partial charge in [0.2, 0.25) is 0 Å². The van der Waals surface area contributed by atoms with E-state index in [1.54, 1.807) is 12.1 Å². The number of benzene rings is 1. The molecule has 3 rings (SSSR count). The number of piperidine rings is 1. The van der Waals surface area contributed by atoms with Gasteiger partial charge in [-0.05, 0) is 63.4 Å². The Balaban J connectivity index is 1.49. The van der Waals surface area contributed by atoms with Crippen LogP contribution in [0.4, 0.5) is 0 Å². The van der Waals surface area contributed by atoms with E-state index in [0.29, 0.717) is 44.4 Å². The number of carbonyl (C=O) groups excluding carboxylic acids is 1. The van der Waals surface area contributed by atoms with E-state index in [-0.39, 0.29) is 12.0 Å². The van der Waals surface area contributed by atoms with Crippen LogP contribution in [-0.4, -0.2) is 43.2 Å². The lowest BCUT2D eigenvalue weighted by Gasteiger charge is -2.31. The molecule has 0 unspecified atom stereocenters. The van der Waals surface area contributed by atoms with Gasteiger partial charge >= 0.3 is 0 Å². The van der Waals surface area contributed by atoms with E-state index in [4.69, 9.17) is 19.6 Å². The molecule has 28 heavy (non-hydrogen) atoms. The van der Waals surface area contributed by atoms with Crippen molar-refractivity contribution in [3.05, 3.63) is 53.0 Å². The minimum Gasteiger partial charge on any atom is -0.485 e. The van der Waals surface area contributed by atoms with E-state index in [0.717, 1.165) is 30.6 Å². The summed E-state index contributed by atoms with van der Waals surface area (Å²) in [4.78, 5) is 14.5. The zero-order valence-corrected chi connectivity index (χ0v) is 16.8. The number of nitrogens with zero attached hydrogens (tertiary/aromatic N) is 1. The highest BCUT2D eigenvalue weighted by molar-refractivity contribution is 5.91. The fourth-order valence-corrected chi connectivity index (χ4v) is 3.40. The van der Waals surface area contributed by atoms with Crippen LogP contribution >= 0.6 is 0 Å². The Morgan fingerprint density at radius 1 is 1.21 bits per heavy atom. The summed E-state index contributed by atoms with van der Waals surface area (Å²) in [5.41, 5.74) is 7.77. The standard InChI is InChI=1S/C22H30N2O4/c1-16-4-6-20(17(2)14-16)27-15-19-5-7-21(28-19)22(25)24-11-8-18(9-12-24)26-13-3-10-23/h4-7,14,18H,3,8-13,15,23H2,1-2H3. The van der Waals surface area contributed by atoms with Crippen molar-refractivity contribution in [3.8, 4) is 5.75 Å². The average molecular weight is 386 g/mol. The quantitative estimate of drug-likeness (QED) is 0.703. The summed E-state index contributed by atoms with van der Waals surface area (Å²) in [6, 6.07) is 9.59. The van der Waals surface area contributed by atoms with Crippen molar-refractivity contribution in [1.82, 2.24) is 4.90 Å². The average Bonchev–Trinajstić information content (AvgIpc) is 3.16. The molecular formula is C22H30N2O4. The third-order valence-corrected chi connectivity index (χ3v) is 5.00. The van der Waals surface area contributed by atoms with Gasteiger partial charge in [-0.25, -0.2) is 0 Å². The smallest absolute Gasteiger partial charge is 0.289 e. The first-order valence-electron chi connectivity index (χ1n) is 9.96. The van der Waals surface area contributed by atoms with Crippen molar-refractivity contribution >= 4 is 5.91 Å². The van der Waals surface area contributed by atoms with Gasteiger partial charge in [0.1, 0.15) is 18.1 Å². The first-order valence-corrected chi connectivity index (χ1v) is 9.96. The van der Waals surface area contributed by atoms with Crippen molar-refractivity contribution in [2.45, 2.75) is 45.8 Å². The largest absolute Gasteiger partial charge is 0.485 e. The molecule has 2 aromatic rings.